The van der Waals surface area contributed by atoms with Crippen LogP contribution in [0.4, 0.5) is 9.59 Å². The molecule has 0 radical (unpaired) electrons. The molecule has 1 aromatic heterocycles. The van der Waals surface area contributed by atoms with Gasteiger partial charge in [-0.05, 0) is 44.9 Å². The number of rotatable bonds is 6. The summed E-state index contributed by atoms with van der Waals surface area (Å²) < 4.78 is 17.2. The molecule has 0 fully saturated rings. The van der Waals surface area contributed by atoms with Crippen molar-refractivity contribution >= 4 is 29.1 Å². The predicted octanol–water partition coefficient (Wildman–Crippen LogP) is 4.74. The Morgan fingerprint density at radius 3 is 2.29 bits per heavy atom. The molecule has 0 unspecified atom stereocenters. The average molecular weight is 467 g/mol. The zero-order chi connectivity index (χ0) is 24.9. The van der Waals surface area contributed by atoms with Gasteiger partial charge in [0.1, 0.15) is 18.2 Å². The molecule has 1 N–H and O–H groups in total. The lowest BCUT2D eigenvalue weighted by Crippen LogP contribution is -2.43. The number of amides is 1. The number of esters is 1. The molecule has 0 saturated carbocycles. The minimum Gasteiger partial charge on any atom is -0.467 e. The number of para-hydroxylation sites is 1. The maximum atomic E-state index is 12.9. The van der Waals surface area contributed by atoms with Gasteiger partial charge in [-0.3, -0.25) is 0 Å². The van der Waals surface area contributed by atoms with Crippen molar-refractivity contribution in [1.29, 1.82) is 0 Å². The van der Waals surface area contributed by atoms with Gasteiger partial charge >= 0.3 is 18.2 Å². The van der Waals surface area contributed by atoms with Crippen LogP contribution in [0.5, 0.6) is 0 Å². The van der Waals surface area contributed by atoms with Gasteiger partial charge in [-0.1, -0.05) is 48.5 Å². The second-order valence-corrected chi connectivity index (χ2v) is 8.88. The summed E-state index contributed by atoms with van der Waals surface area (Å²) in [5.41, 5.74) is 2.14. The number of methoxy groups -OCH3 is 1. The molecule has 34 heavy (non-hydrogen) atoms. The van der Waals surface area contributed by atoms with Crippen LogP contribution in [-0.4, -0.2) is 41.5 Å². The van der Waals surface area contributed by atoms with E-state index in [-0.39, 0.29) is 13.0 Å². The molecule has 0 aliphatic rings. The highest BCUT2D eigenvalue weighted by molar-refractivity contribution is 5.94. The molecule has 0 bridgehead atoms. The van der Waals surface area contributed by atoms with Gasteiger partial charge in [0.05, 0.1) is 12.6 Å². The number of carbonyl (C=O) groups is 3. The molecule has 0 saturated heterocycles. The topological polar surface area (TPSA) is 95.9 Å². The van der Waals surface area contributed by atoms with Crippen molar-refractivity contribution in [2.24, 2.45) is 0 Å². The van der Waals surface area contributed by atoms with Crippen molar-refractivity contribution in [3.8, 4) is 0 Å². The van der Waals surface area contributed by atoms with E-state index < -0.39 is 29.8 Å². The number of carbonyl (C=O) groups excluding carboxylic acids is 3. The Bertz CT molecular complexity index is 1180. The number of nitrogens with zero attached hydrogens (tertiary/aromatic N) is 1. The number of alkyl carbamates (subject to hydrolysis) is 1. The van der Waals surface area contributed by atoms with E-state index in [1.54, 1.807) is 27.7 Å². The molecule has 3 aromatic rings. The Morgan fingerprint density at radius 2 is 1.65 bits per heavy atom. The number of benzene rings is 2. The first-order valence-corrected chi connectivity index (χ1v) is 11.0. The van der Waals surface area contributed by atoms with Gasteiger partial charge < -0.3 is 19.5 Å². The van der Waals surface area contributed by atoms with Crippen molar-refractivity contribution in [1.82, 2.24) is 9.88 Å². The fourth-order valence-electron chi connectivity index (χ4n) is 3.68. The van der Waals surface area contributed by atoms with Crippen molar-refractivity contribution in [3.63, 3.8) is 0 Å². The van der Waals surface area contributed by atoms with E-state index in [1.807, 2.05) is 54.6 Å². The molecule has 8 nitrogen and oxygen atoms in total. The molecule has 0 aliphatic carbocycles. The summed E-state index contributed by atoms with van der Waals surface area (Å²) in [5.74, 6) is -0.620. The SMILES string of the molecule is COC(=O)[C@H](Cc1c(C)n(C(=O)OC(C)(C)C)c2ccccc12)NC(=O)OCc1ccccc1. The Hall–Kier alpha value is -3.81. The third kappa shape index (κ3) is 5.95. The van der Waals surface area contributed by atoms with Crippen LogP contribution in [0.15, 0.2) is 54.6 Å². The van der Waals surface area contributed by atoms with E-state index in [4.69, 9.17) is 14.2 Å². The first-order chi connectivity index (χ1) is 16.1. The first-order valence-electron chi connectivity index (χ1n) is 11.0. The van der Waals surface area contributed by atoms with Gasteiger partial charge in [0.25, 0.3) is 0 Å². The monoisotopic (exact) mass is 466 g/mol. The van der Waals surface area contributed by atoms with Crippen LogP contribution >= 0.6 is 0 Å². The van der Waals surface area contributed by atoms with Crippen molar-refractivity contribution in [2.45, 2.75) is 52.4 Å². The van der Waals surface area contributed by atoms with E-state index in [1.165, 1.54) is 11.7 Å². The largest absolute Gasteiger partial charge is 0.467 e. The van der Waals surface area contributed by atoms with Gasteiger partial charge in [-0.15, -0.1) is 0 Å². The molecule has 3 rings (SSSR count). The van der Waals surface area contributed by atoms with Crippen molar-refractivity contribution in [3.05, 3.63) is 71.4 Å². The molecule has 180 valence electrons. The van der Waals surface area contributed by atoms with Crippen LogP contribution in [0.2, 0.25) is 0 Å². The van der Waals surface area contributed by atoms with E-state index in [9.17, 15) is 14.4 Å². The summed E-state index contributed by atoms with van der Waals surface area (Å²) in [6.07, 6.45) is -1.15. The zero-order valence-electron chi connectivity index (χ0n) is 20.1. The highest BCUT2D eigenvalue weighted by Gasteiger charge is 2.28. The lowest BCUT2D eigenvalue weighted by Gasteiger charge is -2.20. The van der Waals surface area contributed by atoms with Crippen LogP contribution in [0.1, 0.15) is 37.6 Å². The smallest absolute Gasteiger partial charge is 0.419 e. The van der Waals surface area contributed by atoms with Gasteiger partial charge in [-0.2, -0.15) is 0 Å². The molecule has 1 atom stereocenters. The van der Waals surface area contributed by atoms with E-state index in [0.717, 1.165) is 16.5 Å². The number of aromatic nitrogens is 1. The molecule has 0 aliphatic heterocycles. The summed E-state index contributed by atoms with van der Waals surface area (Å²) in [6.45, 7) is 7.24. The normalized spacial score (nSPS) is 12.1. The molecule has 2 aromatic carbocycles. The minimum absolute atomic E-state index is 0.0670. The van der Waals surface area contributed by atoms with Crippen LogP contribution in [0.3, 0.4) is 0 Å². The molecule has 1 amide bonds. The molecular weight excluding hydrogens is 436 g/mol. The summed E-state index contributed by atoms with van der Waals surface area (Å²) >= 11 is 0. The van der Waals surface area contributed by atoms with Gasteiger partial charge in [0.2, 0.25) is 0 Å². The fraction of sp³-hybridized carbons (Fsp3) is 0.346. The Labute approximate surface area is 198 Å². The maximum Gasteiger partial charge on any atom is 0.419 e. The minimum atomic E-state index is -1.01. The van der Waals surface area contributed by atoms with Crippen LogP contribution < -0.4 is 5.32 Å². The lowest BCUT2D eigenvalue weighted by molar-refractivity contribution is -0.143. The van der Waals surface area contributed by atoms with E-state index >= 15 is 0 Å². The van der Waals surface area contributed by atoms with Gasteiger partial charge in [0.15, 0.2) is 0 Å². The second kappa shape index (κ2) is 10.4. The van der Waals surface area contributed by atoms with Crippen LogP contribution in [0, 0.1) is 6.92 Å². The van der Waals surface area contributed by atoms with Crippen LogP contribution in [0.25, 0.3) is 10.9 Å². The van der Waals surface area contributed by atoms with Gasteiger partial charge in [-0.25, -0.2) is 19.0 Å². The summed E-state index contributed by atoms with van der Waals surface area (Å²) in [5, 5.41) is 3.37. The third-order valence-corrected chi connectivity index (χ3v) is 5.22. The maximum absolute atomic E-state index is 12.9. The summed E-state index contributed by atoms with van der Waals surface area (Å²) in [7, 11) is 1.25. The number of fused-ring (bicyclic) bond motifs is 1. The molecular formula is C26H30N2O6. The number of hydrogen-bond donors (Lipinski definition) is 1. The number of ether oxygens (including phenoxy) is 3. The average Bonchev–Trinajstić information content (AvgIpc) is 3.07. The standard InChI is InChI=1S/C26H30N2O6/c1-17-20(19-13-9-10-14-22(19)28(17)25(31)34-26(2,3)4)15-21(23(29)32-5)27-24(30)33-16-18-11-7-6-8-12-18/h6-14,21H,15-16H2,1-5H3,(H,27,30)/t21-/m0/s1. The lowest BCUT2D eigenvalue weighted by atomic mass is 10.0. The van der Waals surface area contributed by atoms with Crippen LogP contribution in [-0.2, 0) is 32.0 Å². The molecule has 1 heterocycles. The highest BCUT2D eigenvalue weighted by Crippen LogP contribution is 2.28. The fourth-order valence-corrected chi connectivity index (χ4v) is 3.68. The Morgan fingerprint density at radius 1 is 1.00 bits per heavy atom. The Kier molecular flexibility index (Phi) is 7.61. The Balaban J connectivity index is 1.86. The first kappa shape index (κ1) is 24.8. The van der Waals surface area contributed by atoms with E-state index in [2.05, 4.69) is 5.32 Å². The van der Waals surface area contributed by atoms with Crippen molar-refractivity contribution < 1.29 is 28.6 Å². The summed E-state index contributed by atoms with van der Waals surface area (Å²) in [4.78, 5) is 37.9. The van der Waals surface area contributed by atoms with E-state index in [0.29, 0.717) is 11.2 Å². The van der Waals surface area contributed by atoms with Gasteiger partial charge in [0, 0.05) is 17.5 Å². The number of nitrogens with one attached hydrogen (secondary N) is 1. The summed E-state index contributed by atoms with van der Waals surface area (Å²) in [6, 6.07) is 15.6. The number of hydrogen-bond acceptors (Lipinski definition) is 6. The van der Waals surface area contributed by atoms with Crippen molar-refractivity contribution in [2.75, 3.05) is 7.11 Å². The quantitative estimate of drug-likeness (QED) is 0.416. The predicted molar refractivity (Wildman–Crippen MR) is 128 cm³/mol. The molecule has 8 heteroatoms. The zero-order valence-corrected chi connectivity index (χ0v) is 20.1. The molecule has 0 spiro atoms. The highest BCUT2D eigenvalue weighted by atomic mass is 16.6. The second-order valence-electron chi connectivity index (χ2n) is 8.88. The third-order valence-electron chi connectivity index (χ3n) is 5.22.